The van der Waals surface area contributed by atoms with Crippen LogP contribution < -0.4 is 9.47 Å². The summed E-state index contributed by atoms with van der Waals surface area (Å²) in [6.07, 6.45) is 3.09. The predicted molar refractivity (Wildman–Crippen MR) is 151 cm³/mol. The van der Waals surface area contributed by atoms with Gasteiger partial charge in [-0.05, 0) is 79.3 Å². The maximum atomic E-state index is 13.2. The Labute approximate surface area is 234 Å². The third-order valence-corrected chi connectivity index (χ3v) is 7.60. The van der Waals surface area contributed by atoms with Gasteiger partial charge in [0.05, 0.1) is 0 Å². The number of hydrogen-bond acceptors (Lipinski definition) is 4. The van der Waals surface area contributed by atoms with Gasteiger partial charge in [0.15, 0.2) is 0 Å². The van der Waals surface area contributed by atoms with Crippen molar-refractivity contribution >= 4 is 23.5 Å². The van der Waals surface area contributed by atoms with Gasteiger partial charge in [-0.2, -0.15) is 0 Å². The van der Waals surface area contributed by atoms with E-state index >= 15 is 0 Å². The van der Waals surface area contributed by atoms with Gasteiger partial charge in [0, 0.05) is 37.3 Å². The molecule has 0 saturated heterocycles. The maximum Gasteiger partial charge on any atom is 0.323 e. The molecule has 3 aromatic carbocycles. The second kappa shape index (κ2) is 10.6. The topological polar surface area (TPSA) is 76.1 Å². The van der Waals surface area contributed by atoms with Crippen LogP contribution >= 0.6 is 11.6 Å². The Balaban J connectivity index is 1.21. The molecule has 0 fully saturated rings. The zero-order valence-corrected chi connectivity index (χ0v) is 23.4. The smallest absolute Gasteiger partial charge is 0.323 e. The molecule has 1 unspecified atom stereocenters. The molecule has 5 rings (SSSR count). The lowest BCUT2D eigenvalue weighted by Gasteiger charge is -2.24. The number of ether oxygens (including phenoxy) is 2. The fraction of sp³-hybridized carbons (Fsp3) is 0.375. The Morgan fingerprint density at radius 2 is 1.49 bits per heavy atom. The molecule has 1 N–H and O–H groups in total. The number of amides is 1. The number of halogens is 1. The van der Waals surface area contributed by atoms with E-state index in [1.807, 2.05) is 68.4 Å². The van der Waals surface area contributed by atoms with E-state index < -0.39 is 5.97 Å². The number of aryl methyl sites for hydroxylation is 1. The van der Waals surface area contributed by atoms with E-state index in [-0.39, 0.29) is 36.6 Å². The van der Waals surface area contributed by atoms with Gasteiger partial charge in [-0.3, -0.25) is 9.59 Å². The van der Waals surface area contributed by atoms with Crippen LogP contribution in [-0.4, -0.2) is 39.6 Å². The van der Waals surface area contributed by atoms with Crippen LogP contribution in [0.25, 0.3) is 0 Å². The van der Waals surface area contributed by atoms with Crippen molar-refractivity contribution in [1.82, 2.24) is 4.90 Å². The fourth-order valence-corrected chi connectivity index (χ4v) is 5.78. The highest BCUT2D eigenvalue weighted by Crippen LogP contribution is 2.38. The highest BCUT2D eigenvalue weighted by molar-refractivity contribution is 6.30. The number of nitrogens with zero attached hydrogens (tertiary/aromatic N) is 1. The molecule has 6 nitrogen and oxygen atoms in total. The van der Waals surface area contributed by atoms with Gasteiger partial charge in [-0.25, -0.2) is 0 Å². The lowest BCUT2D eigenvalue weighted by molar-refractivity contribution is -0.144. The third kappa shape index (κ3) is 6.56. The van der Waals surface area contributed by atoms with Crippen molar-refractivity contribution in [2.45, 2.75) is 70.6 Å². The monoisotopic (exact) mass is 547 g/mol. The van der Waals surface area contributed by atoms with Gasteiger partial charge in [0.25, 0.3) is 0 Å². The summed E-state index contributed by atoms with van der Waals surface area (Å²) >= 11 is 6.03. The summed E-state index contributed by atoms with van der Waals surface area (Å²) in [5, 5.41) is 10.2. The van der Waals surface area contributed by atoms with Crippen LogP contribution in [0.15, 0.2) is 60.7 Å². The summed E-state index contributed by atoms with van der Waals surface area (Å²) in [7, 11) is 0. The van der Waals surface area contributed by atoms with Gasteiger partial charge in [0.1, 0.15) is 29.2 Å². The Morgan fingerprint density at radius 3 is 2.21 bits per heavy atom. The van der Waals surface area contributed by atoms with Crippen LogP contribution in [0.3, 0.4) is 0 Å². The Bertz CT molecular complexity index is 1400. The normalized spacial score (nSPS) is 18.6. The summed E-state index contributed by atoms with van der Waals surface area (Å²) in [6, 6.07) is 19.8. The van der Waals surface area contributed by atoms with Crippen LogP contribution in [-0.2, 0) is 41.8 Å². The van der Waals surface area contributed by atoms with Crippen molar-refractivity contribution in [2.75, 3.05) is 6.54 Å². The number of rotatable bonds is 9. The minimum absolute atomic E-state index is 0.182. The molecular weight excluding hydrogens is 514 g/mol. The predicted octanol–water partition coefficient (Wildman–Crippen LogP) is 6.04. The molecule has 1 amide bonds. The van der Waals surface area contributed by atoms with Crippen LogP contribution in [0, 0.1) is 0 Å². The van der Waals surface area contributed by atoms with Crippen molar-refractivity contribution < 1.29 is 24.2 Å². The van der Waals surface area contributed by atoms with E-state index in [4.69, 9.17) is 21.1 Å². The van der Waals surface area contributed by atoms with E-state index in [9.17, 15) is 14.7 Å². The van der Waals surface area contributed by atoms with E-state index in [0.717, 1.165) is 53.0 Å². The molecule has 2 aliphatic heterocycles. The lowest BCUT2D eigenvalue weighted by Crippen LogP contribution is -2.35. The number of carbonyl (C=O) groups excluding carboxylic acids is 1. The van der Waals surface area contributed by atoms with Crippen molar-refractivity contribution in [3.05, 3.63) is 93.5 Å². The van der Waals surface area contributed by atoms with Crippen molar-refractivity contribution in [1.29, 1.82) is 0 Å². The zero-order valence-electron chi connectivity index (χ0n) is 22.6. The summed E-state index contributed by atoms with van der Waals surface area (Å²) < 4.78 is 12.3. The fourth-order valence-electron chi connectivity index (χ4n) is 5.65. The van der Waals surface area contributed by atoms with Gasteiger partial charge >= 0.3 is 5.97 Å². The number of hydrogen-bond donors (Lipinski definition) is 1. The molecule has 0 saturated carbocycles. The number of fused-ring (bicyclic) bond motifs is 2. The van der Waals surface area contributed by atoms with Gasteiger partial charge in [-0.1, -0.05) is 48.0 Å². The minimum Gasteiger partial charge on any atom is -0.487 e. The number of aliphatic carboxylic acids is 1. The molecule has 39 heavy (non-hydrogen) atoms. The van der Waals surface area contributed by atoms with Crippen molar-refractivity contribution in [2.24, 2.45) is 0 Å². The Kier molecular flexibility index (Phi) is 7.34. The van der Waals surface area contributed by atoms with Gasteiger partial charge in [0.2, 0.25) is 5.91 Å². The molecule has 0 spiro atoms. The molecule has 0 bridgehead atoms. The second-order valence-corrected chi connectivity index (χ2v) is 12.0. The lowest BCUT2D eigenvalue weighted by atomic mass is 9.91. The number of benzene rings is 3. The summed E-state index contributed by atoms with van der Waals surface area (Å²) in [4.78, 5) is 26.1. The highest BCUT2D eigenvalue weighted by Gasteiger charge is 2.35. The Hall–Kier alpha value is -3.51. The van der Waals surface area contributed by atoms with Crippen LogP contribution in [0.4, 0.5) is 0 Å². The largest absolute Gasteiger partial charge is 0.487 e. The van der Waals surface area contributed by atoms with Crippen molar-refractivity contribution in [3.63, 3.8) is 0 Å². The molecule has 0 aliphatic carbocycles. The summed E-state index contributed by atoms with van der Waals surface area (Å²) in [5.74, 6) is 0.518. The van der Waals surface area contributed by atoms with Crippen molar-refractivity contribution in [3.8, 4) is 11.5 Å². The molecular formula is C32H34ClNO5. The minimum atomic E-state index is -1.02. The standard InChI is InChI=1S/C32H34ClNO5/c1-31(2)17-24-15-23(7-12-27(24)38-31)19-34(20-30(36)37)29(35)13-8-21-6-11-28-25(14-21)18-32(3,39-28)16-22-4-9-26(33)10-5-22/h4-7,9-12,14-15H,8,13,16-20H2,1-3H3,(H,36,37). The molecule has 3 aromatic rings. The molecule has 7 heteroatoms. The molecule has 204 valence electrons. The quantitative estimate of drug-likeness (QED) is 0.354. The SMILES string of the molecule is CC1(C)Cc2cc(CN(CC(=O)O)C(=O)CCc3ccc4c(c3)CC(C)(Cc3ccc(Cl)cc3)O4)ccc2O1. The van der Waals surface area contributed by atoms with E-state index in [1.165, 1.54) is 10.5 Å². The summed E-state index contributed by atoms with van der Waals surface area (Å²) in [5.41, 5.74) is 4.71. The maximum absolute atomic E-state index is 13.2. The molecule has 2 aliphatic rings. The first-order valence-corrected chi connectivity index (χ1v) is 13.7. The average Bonchev–Trinajstić information content (AvgIpc) is 3.36. The first-order valence-electron chi connectivity index (χ1n) is 13.3. The average molecular weight is 548 g/mol. The number of carboxylic acid groups (broad SMARTS) is 1. The van der Waals surface area contributed by atoms with Crippen LogP contribution in [0.5, 0.6) is 11.5 Å². The Morgan fingerprint density at radius 1 is 0.872 bits per heavy atom. The molecule has 0 radical (unpaired) electrons. The zero-order chi connectivity index (χ0) is 27.8. The van der Waals surface area contributed by atoms with E-state index in [0.29, 0.717) is 11.4 Å². The molecule has 0 aromatic heterocycles. The first-order chi connectivity index (χ1) is 18.5. The molecule has 2 heterocycles. The van der Waals surface area contributed by atoms with E-state index in [1.54, 1.807) is 0 Å². The molecule has 1 atom stereocenters. The van der Waals surface area contributed by atoms with Gasteiger partial charge < -0.3 is 19.5 Å². The number of carboxylic acids is 1. The van der Waals surface area contributed by atoms with Crippen LogP contribution in [0.2, 0.25) is 5.02 Å². The highest BCUT2D eigenvalue weighted by atomic mass is 35.5. The van der Waals surface area contributed by atoms with E-state index in [2.05, 4.69) is 13.0 Å². The summed E-state index contributed by atoms with van der Waals surface area (Å²) in [6.45, 7) is 6.11. The van der Waals surface area contributed by atoms with Gasteiger partial charge in [-0.15, -0.1) is 0 Å². The third-order valence-electron chi connectivity index (χ3n) is 7.34. The number of carbonyl (C=O) groups is 2. The van der Waals surface area contributed by atoms with Crippen LogP contribution in [0.1, 0.15) is 55.0 Å². The second-order valence-electron chi connectivity index (χ2n) is 11.6. The first kappa shape index (κ1) is 27.1.